The monoisotopic (exact) mass is 261 g/mol. The van der Waals surface area contributed by atoms with Crippen molar-refractivity contribution in [1.82, 2.24) is 14.5 Å². The third-order valence-electron chi connectivity index (χ3n) is 2.09. The van der Waals surface area contributed by atoms with Crippen LogP contribution in [0.4, 0.5) is 0 Å². The van der Waals surface area contributed by atoms with Gasteiger partial charge in [0.15, 0.2) is 0 Å². The molecule has 17 heavy (non-hydrogen) atoms. The minimum absolute atomic E-state index is 0.0475. The van der Waals surface area contributed by atoms with E-state index >= 15 is 0 Å². The smallest absolute Gasteiger partial charge is 0.318 e. The molecule has 0 saturated heterocycles. The van der Waals surface area contributed by atoms with E-state index in [4.69, 9.17) is 5.11 Å². The molecule has 2 N–H and O–H groups in total. The second-order valence-corrected chi connectivity index (χ2v) is 6.37. The molecule has 0 aliphatic carbocycles. The van der Waals surface area contributed by atoms with Gasteiger partial charge in [0.05, 0.1) is 6.20 Å². The van der Waals surface area contributed by atoms with Crippen molar-refractivity contribution in [3.8, 4) is 0 Å². The fraction of sp³-hybridized carbons (Fsp3) is 0.556. The van der Waals surface area contributed by atoms with Crippen molar-refractivity contribution in [1.29, 1.82) is 0 Å². The molecular formula is C9H15N3O4S. The Hall–Kier alpha value is -1.41. The summed E-state index contributed by atoms with van der Waals surface area (Å²) in [5.41, 5.74) is -0.825. The van der Waals surface area contributed by atoms with Crippen molar-refractivity contribution in [2.75, 3.05) is 6.54 Å². The summed E-state index contributed by atoms with van der Waals surface area (Å²) in [5, 5.41) is 14.7. The van der Waals surface area contributed by atoms with E-state index in [1.54, 1.807) is 20.8 Å². The van der Waals surface area contributed by atoms with Crippen LogP contribution >= 0.6 is 0 Å². The predicted molar refractivity (Wildman–Crippen MR) is 59.9 cm³/mol. The summed E-state index contributed by atoms with van der Waals surface area (Å²) >= 11 is 0. The molecule has 96 valence electrons. The van der Waals surface area contributed by atoms with Crippen LogP contribution < -0.4 is 0 Å². The van der Waals surface area contributed by atoms with Crippen molar-refractivity contribution in [2.45, 2.75) is 31.2 Å². The summed E-state index contributed by atoms with van der Waals surface area (Å²) in [7, 11) is -3.85. The Morgan fingerprint density at radius 3 is 2.47 bits per heavy atom. The summed E-state index contributed by atoms with van der Waals surface area (Å²) in [5.74, 6) is -1.20. The summed E-state index contributed by atoms with van der Waals surface area (Å²) in [6.07, 6.45) is 2.37. The van der Waals surface area contributed by atoms with Crippen molar-refractivity contribution < 1.29 is 18.3 Å². The number of nitrogens with zero attached hydrogens (tertiary/aromatic N) is 2. The highest BCUT2D eigenvalue weighted by Crippen LogP contribution is 2.23. The number of hydrogen-bond donors (Lipinski definition) is 2. The van der Waals surface area contributed by atoms with Gasteiger partial charge in [-0.15, -0.1) is 0 Å². The van der Waals surface area contributed by atoms with E-state index in [2.05, 4.69) is 10.2 Å². The van der Waals surface area contributed by atoms with Crippen LogP contribution in [0.1, 0.15) is 20.8 Å². The Morgan fingerprint density at radius 1 is 1.53 bits per heavy atom. The van der Waals surface area contributed by atoms with Crippen LogP contribution in [-0.4, -0.2) is 46.1 Å². The van der Waals surface area contributed by atoms with Crippen LogP contribution in [0.2, 0.25) is 0 Å². The third-order valence-corrected chi connectivity index (χ3v) is 4.16. The lowest BCUT2D eigenvalue weighted by atomic mass is 10.1. The van der Waals surface area contributed by atoms with E-state index in [1.807, 2.05) is 0 Å². The molecule has 8 heteroatoms. The molecule has 1 heterocycles. The van der Waals surface area contributed by atoms with Gasteiger partial charge in [0.1, 0.15) is 11.4 Å². The minimum Gasteiger partial charge on any atom is -0.480 e. The molecule has 0 atom stereocenters. The van der Waals surface area contributed by atoms with Gasteiger partial charge in [-0.1, -0.05) is 0 Å². The molecule has 0 amide bonds. The van der Waals surface area contributed by atoms with Crippen molar-refractivity contribution >= 4 is 16.0 Å². The first-order chi connectivity index (χ1) is 7.65. The number of hydrogen-bond acceptors (Lipinski definition) is 4. The zero-order valence-corrected chi connectivity index (χ0v) is 10.7. The summed E-state index contributed by atoms with van der Waals surface area (Å²) in [4.78, 5) is 10.7. The molecule has 0 aromatic carbocycles. The molecule has 7 nitrogen and oxygen atoms in total. The Morgan fingerprint density at radius 2 is 2.12 bits per heavy atom. The topological polar surface area (TPSA) is 103 Å². The van der Waals surface area contributed by atoms with Gasteiger partial charge in [0.2, 0.25) is 10.0 Å². The molecule has 0 bridgehead atoms. The van der Waals surface area contributed by atoms with Gasteiger partial charge in [-0.25, -0.2) is 8.42 Å². The molecule has 0 saturated carbocycles. The molecule has 0 aliphatic rings. The number of sulfonamides is 1. The van der Waals surface area contributed by atoms with E-state index in [1.165, 1.54) is 6.20 Å². The Labute approximate surface area is 99.5 Å². The fourth-order valence-electron chi connectivity index (χ4n) is 1.31. The van der Waals surface area contributed by atoms with Crippen LogP contribution in [0.25, 0.3) is 0 Å². The zero-order valence-electron chi connectivity index (χ0n) is 9.84. The zero-order chi connectivity index (χ0) is 13.3. The Balaban J connectivity index is 3.20. The average Bonchev–Trinajstić information content (AvgIpc) is 2.64. The maximum absolute atomic E-state index is 12.2. The predicted octanol–water partition coefficient (Wildman–Crippen LogP) is 0.283. The molecular weight excluding hydrogens is 246 g/mol. The number of carboxylic acids is 1. The van der Waals surface area contributed by atoms with E-state index in [-0.39, 0.29) is 4.90 Å². The Bertz CT molecular complexity index is 487. The van der Waals surface area contributed by atoms with Crippen LogP contribution in [0.5, 0.6) is 0 Å². The highest BCUT2D eigenvalue weighted by Gasteiger charge is 2.36. The fourth-order valence-corrected chi connectivity index (χ4v) is 2.96. The van der Waals surface area contributed by atoms with Gasteiger partial charge in [0, 0.05) is 11.7 Å². The van der Waals surface area contributed by atoms with Gasteiger partial charge in [0.25, 0.3) is 0 Å². The third kappa shape index (κ3) is 3.04. The maximum atomic E-state index is 12.2. The highest BCUT2D eigenvalue weighted by molar-refractivity contribution is 7.89. The number of aliphatic carboxylic acids is 1. The summed E-state index contributed by atoms with van der Waals surface area (Å²) < 4.78 is 25.3. The molecule has 0 spiro atoms. The first kappa shape index (κ1) is 13.7. The van der Waals surface area contributed by atoms with Gasteiger partial charge < -0.3 is 5.11 Å². The lowest BCUT2D eigenvalue weighted by Gasteiger charge is -2.32. The molecule has 0 unspecified atom stereocenters. The quantitative estimate of drug-likeness (QED) is 0.810. The standard InChI is InChI=1S/C9H15N3O4S/c1-9(2,3)12(6-8(13)14)17(15,16)7-4-10-11-5-7/h4-5H,6H2,1-3H3,(H,10,11)(H,13,14). The molecule has 1 rings (SSSR count). The van der Waals surface area contributed by atoms with Crippen molar-refractivity contribution in [3.05, 3.63) is 12.4 Å². The largest absolute Gasteiger partial charge is 0.480 e. The lowest BCUT2D eigenvalue weighted by Crippen LogP contribution is -2.48. The van der Waals surface area contributed by atoms with Crippen LogP contribution in [0, 0.1) is 0 Å². The summed E-state index contributed by atoms with van der Waals surface area (Å²) in [6.45, 7) is 4.31. The second kappa shape index (κ2) is 4.46. The minimum atomic E-state index is -3.85. The molecule has 1 aromatic rings. The normalized spacial score (nSPS) is 12.9. The van der Waals surface area contributed by atoms with Crippen molar-refractivity contribution in [2.24, 2.45) is 0 Å². The summed E-state index contributed by atoms with van der Waals surface area (Å²) in [6, 6.07) is 0. The number of H-pyrrole nitrogens is 1. The average molecular weight is 261 g/mol. The number of carbonyl (C=O) groups is 1. The van der Waals surface area contributed by atoms with E-state index in [0.29, 0.717) is 0 Å². The number of aromatic nitrogens is 2. The lowest BCUT2D eigenvalue weighted by molar-refractivity contribution is -0.138. The van der Waals surface area contributed by atoms with E-state index in [0.717, 1.165) is 10.5 Å². The Kier molecular flexibility index (Phi) is 3.58. The van der Waals surface area contributed by atoms with E-state index < -0.39 is 28.1 Å². The van der Waals surface area contributed by atoms with Crippen LogP contribution in [0.15, 0.2) is 17.3 Å². The van der Waals surface area contributed by atoms with Gasteiger partial charge >= 0.3 is 5.97 Å². The van der Waals surface area contributed by atoms with Gasteiger partial charge in [-0.3, -0.25) is 9.89 Å². The first-order valence-electron chi connectivity index (χ1n) is 4.89. The highest BCUT2D eigenvalue weighted by atomic mass is 32.2. The maximum Gasteiger partial charge on any atom is 0.318 e. The number of aromatic amines is 1. The van der Waals surface area contributed by atoms with Gasteiger partial charge in [-0.05, 0) is 20.8 Å². The van der Waals surface area contributed by atoms with Gasteiger partial charge in [-0.2, -0.15) is 9.40 Å². The number of carboxylic acid groups (broad SMARTS) is 1. The number of rotatable bonds is 4. The molecule has 0 fully saturated rings. The van der Waals surface area contributed by atoms with Crippen LogP contribution in [-0.2, 0) is 14.8 Å². The first-order valence-corrected chi connectivity index (χ1v) is 6.33. The second-order valence-electron chi connectivity index (χ2n) is 4.51. The van der Waals surface area contributed by atoms with E-state index in [9.17, 15) is 13.2 Å². The van der Waals surface area contributed by atoms with Crippen LogP contribution in [0.3, 0.4) is 0 Å². The number of nitrogens with one attached hydrogen (secondary N) is 1. The molecule has 0 radical (unpaired) electrons. The SMILES string of the molecule is CC(C)(C)N(CC(=O)O)S(=O)(=O)c1cn[nH]c1. The molecule has 0 aliphatic heterocycles. The van der Waals surface area contributed by atoms with Crippen molar-refractivity contribution in [3.63, 3.8) is 0 Å². The molecule has 1 aromatic heterocycles.